The Kier molecular flexibility index (Phi) is 1.70. The van der Waals surface area contributed by atoms with Crippen LogP contribution in [0.1, 0.15) is 11.3 Å². The molecule has 0 bridgehead atoms. The summed E-state index contributed by atoms with van der Waals surface area (Å²) < 4.78 is 0. The number of aromatic amines is 1. The minimum absolute atomic E-state index is 0.298. The molecule has 3 rings (SSSR count). The second-order valence-electron chi connectivity index (χ2n) is 3.56. The van der Waals surface area contributed by atoms with E-state index in [2.05, 4.69) is 9.97 Å². The fourth-order valence-corrected chi connectivity index (χ4v) is 2.16. The van der Waals surface area contributed by atoms with Crippen LogP contribution in [0, 0.1) is 0 Å². The molecule has 1 aliphatic rings. The van der Waals surface area contributed by atoms with Gasteiger partial charge < -0.3 is 4.98 Å². The third-order valence-electron chi connectivity index (χ3n) is 2.62. The molecular weight excluding hydrogens is 212 g/mol. The quantitative estimate of drug-likeness (QED) is 0.627. The van der Waals surface area contributed by atoms with Crippen LogP contribution in [0.2, 0.25) is 5.02 Å². The molecular formula is C11H7ClN2O. The molecule has 1 heterocycles. The second-order valence-corrected chi connectivity index (χ2v) is 4.00. The maximum Gasteiger partial charge on any atom is 0.345 e. The van der Waals surface area contributed by atoms with E-state index in [9.17, 15) is 4.79 Å². The Morgan fingerprint density at radius 3 is 3.07 bits per heavy atom. The first-order chi connectivity index (χ1) is 7.24. The van der Waals surface area contributed by atoms with Crippen LogP contribution in [-0.4, -0.2) is 9.97 Å². The van der Waals surface area contributed by atoms with E-state index in [1.807, 2.05) is 18.2 Å². The zero-order chi connectivity index (χ0) is 10.4. The smallest absolute Gasteiger partial charge is 0.309 e. The molecule has 15 heavy (non-hydrogen) atoms. The van der Waals surface area contributed by atoms with Gasteiger partial charge in [0.25, 0.3) is 0 Å². The number of nitrogens with one attached hydrogen (secondary N) is 1. The van der Waals surface area contributed by atoms with E-state index in [-0.39, 0.29) is 5.69 Å². The molecule has 4 heteroatoms. The summed E-state index contributed by atoms with van der Waals surface area (Å²) in [6.07, 6.45) is 2.34. The third-order valence-corrected chi connectivity index (χ3v) is 2.85. The lowest BCUT2D eigenvalue weighted by molar-refractivity contribution is 1.01. The van der Waals surface area contributed by atoms with Crippen molar-refractivity contribution in [3.63, 3.8) is 0 Å². The van der Waals surface area contributed by atoms with E-state index < -0.39 is 0 Å². The van der Waals surface area contributed by atoms with Gasteiger partial charge in [-0.15, -0.1) is 0 Å². The van der Waals surface area contributed by atoms with Crippen LogP contribution in [0.5, 0.6) is 0 Å². The fraction of sp³-hybridized carbons (Fsp3) is 0.0909. The van der Waals surface area contributed by atoms with Crippen LogP contribution >= 0.6 is 11.6 Å². The third kappa shape index (κ3) is 1.27. The number of hydrogen-bond acceptors (Lipinski definition) is 2. The monoisotopic (exact) mass is 218 g/mol. The summed E-state index contributed by atoms with van der Waals surface area (Å²) in [6, 6.07) is 5.74. The van der Waals surface area contributed by atoms with Crippen LogP contribution in [0.25, 0.3) is 11.1 Å². The molecule has 0 saturated carbocycles. The average molecular weight is 219 g/mol. The maximum atomic E-state index is 11.1. The van der Waals surface area contributed by atoms with Gasteiger partial charge in [0, 0.05) is 28.9 Å². The zero-order valence-corrected chi connectivity index (χ0v) is 8.51. The minimum Gasteiger partial charge on any atom is -0.309 e. The van der Waals surface area contributed by atoms with Gasteiger partial charge in [-0.1, -0.05) is 17.7 Å². The summed E-state index contributed by atoms with van der Waals surface area (Å²) in [5.74, 6) is 0. The number of aromatic nitrogens is 2. The van der Waals surface area contributed by atoms with Crippen molar-refractivity contribution >= 4 is 11.6 Å². The summed E-state index contributed by atoms with van der Waals surface area (Å²) in [4.78, 5) is 17.5. The molecule has 1 N–H and O–H groups in total. The van der Waals surface area contributed by atoms with Crippen molar-refractivity contribution in [2.75, 3.05) is 0 Å². The Bertz CT molecular complexity index is 604. The molecule has 0 spiro atoms. The van der Waals surface area contributed by atoms with E-state index in [4.69, 9.17) is 11.6 Å². The highest BCUT2D eigenvalue weighted by Gasteiger charge is 2.19. The highest BCUT2D eigenvalue weighted by atomic mass is 35.5. The Labute approximate surface area is 90.8 Å². The number of H-pyrrole nitrogens is 1. The van der Waals surface area contributed by atoms with Crippen molar-refractivity contribution in [2.24, 2.45) is 0 Å². The Morgan fingerprint density at radius 1 is 1.33 bits per heavy atom. The molecule has 1 aromatic carbocycles. The standard InChI is InChI=1S/C11H7ClN2O/c12-7-1-2-8-6(3-7)4-10-9(8)5-13-11(15)14-10/h1-3,5H,4H2,(H,13,14,15). The molecule has 3 nitrogen and oxygen atoms in total. The summed E-state index contributed by atoms with van der Waals surface area (Å²) in [5, 5.41) is 0.719. The summed E-state index contributed by atoms with van der Waals surface area (Å²) >= 11 is 5.91. The maximum absolute atomic E-state index is 11.1. The molecule has 74 valence electrons. The lowest BCUT2D eigenvalue weighted by atomic mass is 10.1. The van der Waals surface area contributed by atoms with Crippen LogP contribution in [0.3, 0.4) is 0 Å². The molecule has 1 aromatic heterocycles. The van der Waals surface area contributed by atoms with Crippen molar-refractivity contribution in [1.29, 1.82) is 0 Å². The van der Waals surface area contributed by atoms with Gasteiger partial charge in [0.05, 0.1) is 0 Å². The van der Waals surface area contributed by atoms with Crippen LogP contribution < -0.4 is 5.69 Å². The summed E-state index contributed by atoms with van der Waals surface area (Å²) in [7, 11) is 0. The van der Waals surface area contributed by atoms with Crippen LogP contribution in [-0.2, 0) is 6.42 Å². The SMILES string of the molecule is O=c1ncc2c([nH]1)Cc1cc(Cl)ccc1-2. The number of rotatable bonds is 0. The molecule has 2 aromatic rings. The van der Waals surface area contributed by atoms with Crippen molar-refractivity contribution < 1.29 is 0 Å². The van der Waals surface area contributed by atoms with E-state index in [0.29, 0.717) is 0 Å². The zero-order valence-electron chi connectivity index (χ0n) is 7.75. The number of benzene rings is 1. The first-order valence-electron chi connectivity index (χ1n) is 4.61. The molecule has 0 saturated heterocycles. The van der Waals surface area contributed by atoms with Gasteiger partial charge in [0.2, 0.25) is 0 Å². The minimum atomic E-state index is -0.298. The van der Waals surface area contributed by atoms with E-state index in [1.54, 1.807) is 6.20 Å². The van der Waals surface area contributed by atoms with E-state index >= 15 is 0 Å². The average Bonchev–Trinajstić information content (AvgIpc) is 2.53. The molecule has 0 unspecified atom stereocenters. The Morgan fingerprint density at radius 2 is 2.20 bits per heavy atom. The number of nitrogens with zero attached hydrogens (tertiary/aromatic N) is 1. The first-order valence-corrected chi connectivity index (χ1v) is 4.99. The number of hydrogen-bond donors (Lipinski definition) is 1. The molecule has 0 atom stereocenters. The van der Waals surface area contributed by atoms with Gasteiger partial charge in [-0.2, -0.15) is 0 Å². The normalized spacial score (nSPS) is 12.3. The molecule has 0 fully saturated rings. The lowest BCUT2D eigenvalue weighted by Gasteiger charge is -1.98. The highest BCUT2D eigenvalue weighted by Crippen LogP contribution is 2.35. The van der Waals surface area contributed by atoms with Gasteiger partial charge in [0.1, 0.15) is 0 Å². The molecule has 0 radical (unpaired) electrons. The lowest BCUT2D eigenvalue weighted by Crippen LogP contribution is -2.11. The van der Waals surface area contributed by atoms with Gasteiger partial charge >= 0.3 is 5.69 Å². The Balaban J connectivity index is 2.28. The van der Waals surface area contributed by atoms with Gasteiger partial charge in [0.15, 0.2) is 0 Å². The van der Waals surface area contributed by atoms with Crippen molar-refractivity contribution in [1.82, 2.24) is 9.97 Å². The predicted molar refractivity (Wildman–Crippen MR) is 58.1 cm³/mol. The summed E-state index contributed by atoms with van der Waals surface area (Å²) in [6.45, 7) is 0. The number of halogens is 1. The highest BCUT2D eigenvalue weighted by molar-refractivity contribution is 6.30. The molecule has 1 aliphatic carbocycles. The van der Waals surface area contributed by atoms with Gasteiger partial charge in [-0.3, -0.25) is 0 Å². The number of fused-ring (bicyclic) bond motifs is 3. The van der Waals surface area contributed by atoms with Crippen LogP contribution in [0.4, 0.5) is 0 Å². The van der Waals surface area contributed by atoms with Crippen LogP contribution in [0.15, 0.2) is 29.2 Å². The second kappa shape index (κ2) is 2.94. The van der Waals surface area contributed by atoms with Gasteiger partial charge in [-0.05, 0) is 23.3 Å². The summed E-state index contributed by atoms with van der Waals surface area (Å²) in [5.41, 5.74) is 3.88. The topological polar surface area (TPSA) is 45.8 Å². The molecule has 0 amide bonds. The Hall–Kier alpha value is -1.61. The predicted octanol–water partition coefficient (Wildman–Crippen LogP) is 1.99. The fourth-order valence-electron chi connectivity index (χ4n) is 1.96. The van der Waals surface area contributed by atoms with Gasteiger partial charge in [-0.25, -0.2) is 9.78 Å². The molecule has 0 aliphatic heterocycles. The van der Waals surface area contributed by atoms with E-state index in [0.717, 1.165) is 33.8 Å². The van der Waals surface area contributed by atoms with Crippen molar-refractivity contribution in [2.45, 2.75) is 6.42 Å². The van der Waals surface area contributed by atoms with Crippen molar-refractivity contribution in [3.05, 3.63) is 51.2 Å². The first kappa shape index (κ1) is 8.68. The largest absolute Gasteiger partial charge is 0.345 e. The van der Waals surface area contributed by atoms with Crippen molar-refractivity contribution in [3.8, 4) is 11.1 Å². The van der Waals surface area contributed by atoms with E-state index in [1.165, 1.54) is 0 Å².